The fourth-order valence-electron chi connectivity index (χ4n) is 2.42. The van der Waals surface area contributed by atoms with Crippen molar-refractivity contribution in [3.05, 3.63) is 33.3 Å². The molecule has 19 heavy (non-hydrogen) atoms. The van der Waals surface area contributed by atoms with E-state index in [1.807, 2.05) is 18.2 Å². The summed E-state index contributed by atoms with van der Waals surface area (Å²) in [6, 6.07) is 5.80. The maximum atomic E-state index is 9.47. The molecule has 106 valence electrons. The van der Waals surface area contributed by atoms with Crippen LogP contribution in [-0.4, -0.2) is 35.7 Å². The van der Waals surface area contributed by atoms with Crippen molar-refractivity contribution in [2.24, 2.45) is 5.73 Å². The van der Waals surface area contributed by atoms with E-state index in [1.165, 1.54) is 0 Å². The minimum atomic E-state index is -0.120. The zero-order chi connectivity index (χ0) is 13.8. The van der Waals surface area contributed by atoms with Crippen LogP contribution in [0.5, 0.6) is 0 Å². The molecule has 1 atom stereocenters. The molecule has 2 rings (SSSR count). The van der Waals surface area contributed by atoms with Crippen LogP contribution < -0.4 is 5.73 Å². The average Bonchev–Trinajstić information content (AvgIpc) is 2.37. The van der Waals surface area contributed by atoms with Crippen LogP contribution in [0.15, 0.2) is 22.7 Å². The Labute approximate surface area is 127 Å². The number of piperidine rings is 1. The van der Waals surface area contributed by atoms with Crippen molar-refractivity contribution in [1.29, 1.82) is 0 Å². The third-order valence-corrected chi connectivity index (χ3v) is 4.50. The van der Waals surface area contributed by atoms with Gasteiger partial charge in [-0.3, -0.25) is 0 Å². The van der Waals surface area contributed by atoms with Crippen molar-refractivity contribution < 1.29 is 5.11 Å². The number of rotatable bonds is 4. The fourth-order valence-corrected chi connectivity index (χ4v) is 3.24. The number of hydrogen-bond donors (Lipinski definition) is 2. The normalized spacial score (nSPS) is 19.6. The van der Waals surface area contributed by atoms with Gasteiger partial charge in [-0.05, 0) is 43.5 Å². The van der Waals surface area contributed by atoms with Crippen LogP contribution in [0, 0.1) is 0 Å². The molecular weight excluding hydrogens is 328 g/mol. The Balaban J connectivity index is 1.85. The maximum absolute atomic E-state index is 9.47. The Bertz CT molecular complexity index is 422. The van der Waals surface area contributed by atoms with E-state index in [-0.39, 0.29) is 12.1 Å². The van der Waals surface area contributed by atoms with Gasteiger partial charge >= 0.3 is 0 Å². The highest BCUT2D eigenvalue weighted by Crippen LogP contribution is 2.27. The minimum absolute atomic E-state index is 0.0348. The Morgan fingerprint density at radius 2 is 2.11 bits per heavy atom. The molecule has 1 aromatic carbocycles. The monoisotopic (exact) mass is 346 g/mol. The molecule has 1 aliphatic heterocycles. The molecule has 0 aromatic heterocycles. The second-order valence-corrected chi connectivity index (χ2v) is 6.46. The fraction of sp³-hybridized carbons (Fsp3) is 0.571. The summed E-state index contributed by atoms with van der Waals surface area (Å²) in [7, 11) is 0. The quantitative estimate of drug-likeness (QED) is 0.880. The number of hydrogen-bond acceptors (Lipinski definition) is 3. The van der Waals surface area contributed by atoms with E-state index >= 15 is 0 Å². The van der Waals surface area contributed by atoms with Crippen LogP contribution in [-0.2, 0) is 0 Å². The predicted molar refractivity (Wildman–Crippen MR) is 82.4 cm³/mol. The number of aliphatic hydroxyl groups is 1. The Morgan fingerprint density at radius 3 is 2.74 bits per heavy atom. The first-order valence-electron chi connectivity index (χ1n) is 6.67. The third-order valence-electron chi connectivity index (χ3n) is 3.68. The summed E-state index contributed by atoms with van der Waals surface area (Å²) in [6.45, 7) is 2.88. The molecular formula is C14H20BrClN2O. The first kappa shape index (κ1) is 15.3. The average molecular weight is 348 g/mol. The van der Waals surface area contributed by atoms with Gasteiger partial charge < -0.3 is 15.7 Å². The molecule has 0 saturated carbocycles. The highest BCUT2D eigenvalue weighted by Gasteiger charge is 2.18. The number of benzene rings is 1. The van der Waals surface area contributed by atoms with Crippen molar-refractivity contribution in [3.63, 3.8) is 0 Å². The highest BCUT2D eigenvalue weighted by atomic mass is 79.9. The van der Waals surface area contributed by atoms with E-state index < -0.39 is 0 Å². The first-order chi connectivity index (χ1) is 9.06. The second kappa shape index (κ2) is 7.04. The molecule has 1 fully saturated rings. The van der Waals surface area contributed by atoms with Crippen LogP contribution >= 0.6 is 27.5 Å². The summed E-state index contributed by atoms with van der Waals surface area (Å²) in [5.74, 6) is 0. The predicted octanol–water partition coefficient (Wildman–Crippen LogP) is 2.95. The molecule has 0 aliphatic carbocycles. The van der Waals surface area contributed by atoms with Gasteiger partial charge in [-0.1, -0.05) is 33.6 Å². The van der Waals surface area contributed by atoms with E-state index in [0.29, 0.717) is 0 Å². The van der Waals surface area contributed by atoms with Crippen molar-refractivity contribution in [2.75, 3.05) is 19.6 Å². The summed E-state index contributed by atoms with van der Waals surface area (Å²) >= 11 is 9.60. The molecule has 1 saturated heterocycles. The van der Waals surface area contributed by atoms with Gasteiger partial charge in [0.2, 0.25) is 0 Å². The molecule has 1 heterocycles. The molecule has 0 spiro atoms. The lowest BCUT2D eigenvalue weighted by Gasteiger charge is -2.30. The van der Waals surface area contributed by atoms with E-state index in [9.17, 15) is 5.11 Å². The third kappa shape index (κ3) is 4.43. The highest BCUT2D eigenvalue weighted by molar-refractivity contribution is 9.10. The largest absolute Gasteiger partial charge is 0.393 e. The Kier molecular flexibility index (Phi) is 5.66. The topological polar surface area (TPSA) is 49.5 Å². The number of halogens is 2. The zero-order valence-corrected chi connectivity index (χ0v) is 13.2. The standard InChI is InChI=1S/C14H20BrClN2O/c15-10-1-2-12(13(16)9-10)14(17)5-8-18-6-3-11(19)4-7-18/h1-2,9,11,14,19H,3-8,17H2. The maximum Gasteiger partial charge on any atom is 0.0564 e. The minimum Gasteiger partial charge on any atom is -0.393 e. The van der Waals surface area contributed by atoms with E-state index in [2.05, 4.69) is 20.8 Å². The molecule has 0 radical (unpaired) electrons. The van der Waals surface area contributed by atoms with Crippen molar-refractivity contribution in [3.8, 4) is 0 Å². The van der Waals surface area contributed by atoms with E-state index in [1.54, 1.807) is 0 Å². The number of nitrogens with zero attached hydrogens (tertiary/aromatic N) is 1. The van der Waals surface area contributed by atoms with Gasteiger partial charge in [0.05, 0.1) is 6.10 Å². The lowest BCUT2D eigenvalue weighted by molar-refractivity contribution is 0.0812. The first-order valence-corrected chi connectivity index (χ1v) is 7.84. The number of nitrogens with two attached hydrogens (primary N) is 1. The second-order valence-electron chi connectivity index (χ2n) is 5.13. The lowest BCUT2D eigenvalue weighted by Crippen LogP contribution is -2.37. The van der Waals surface area contributed by atoms with Crippen LogP contribution in [0.25, 0.3) is 0 Å². The van der Waals surface area contributed by atoms with Crippen LogP contribution in [0.1, 0.15) is 30.9 Å². The molecule has 1 aliphatic rings. The molecule has 5 heteroatoms. The van der Waals surface area contributed by atoms with Crippen LogP contribution in [0.3, 0.4) is 0 Å². The SMILES string of the molecule is NC(CCN1CCC(O)CC1)c1ccc(Br)cc1Cl. The number of aliphatic hydroxyl groups excluding tert-OH is 1. The van der Waals surface area contributed by atoms with Gasteiger partial charge in [0.25, 0.3) is 0 Å². The molecule has 1 unspecified atom stereocenters. The van der Waals surface area contributed by atoms with E-state index in [4.69, 9.17) is 17.3 Å². The van der Waals surface area contributed by atoms with Crippen molar-refractivity contribution in [2.45, 2.75) is 31.4 Å². The summed E-state index contributed by atoms with van der Waals surface area (Å²) in [5.41, 5.74) is 7.22. The van der Waals surface area contributed by atoms with Gasteiger partial charge in [0.1, 0.15) is 0 Å². The zero-order valence-electron chi connectivity index (χ0n) is 10.9. The lowest BCUT2D eigenvalue weighted by atomic mass is 10.0. The van der Waals surface area contributed by atoms with Gasteiger partial charge in [-0.25, -0.2) is 0 Å². The van der Waals surface area contributed by atoms with Crippen LogP contribution in [0.4, 0.5) is 0 Å². The summed E-state index contributed by atoms with van der Waals surface area (Å²) in [6.07, 6.45) is 2.51. The Hall–Kier alpha value is -0.130. The Morgan fingerprint density at radius 1 is 1.42 bits per heavy atom. The summed E-state index contributed by atoms with van der Waals surface area (Å²) in [4.78, 5) is 2.36. The van der Waals surface area contributed by atoms with Gasteiger partial charge in [0.15, 0.2) is 0 Å². The smallest absolute Gasteiger partial charge is 0.0564 e. The van der Waals surface area contributed by atoms with Crippen molar-refractivity contribution in [1.82, 2.24) is 4.90 Å². The molecule has 3 N–H and O–H groups in total. The molecule has 1 aromatic rings. The van der Waals surface area contributed by atoms with Gasteiger partial charge in [-0.2, -0.15) is 0 Å². The summed E-state index contributed by atoms with van der Waals surface area (Å²) < 4.78 is 0.971. The van der Waals surface area contributed by atoms with Crippen molar-refractivity contribution >= 4 is 27.5 Å². The molecule has 0 amide bonds. The molecule has 0 bridgehead atoms. The number of likely N-dealkylation sites (tertiary alicyclic amines) is 1. The van der Waals surface area contributed by atoms with E-state index in [0.717, 1.165) is 54.0 Å². The van der Waals surface area contributed by atoms with Crippen LogP contribution in [0.2, 0.25) is 5.02 Å². The molecule has 3 nitrogen and oxygen atoms in total. The van der Waals surface area contributed by atoms with Gasteiger partial charge in [-0.15, -0.1) is 0 Å². The van der Waals surface area contributed by atoms with Gasteiger partial charge in [0, 0.05) is 28.6 Å². The summed E-state index contributed by atoms with van der Waals surface area (Å²) in [5, 5.41) is 10.2.